The second-order valence-electron chi connectivity index (χ2n) is 6.37. The van der Waals surface area contributed by atoms with Gasteiger partial charge in [-0.25, -0.2) is 0 Å². The van der Waals surface area contributed by atoms with Gasteiger partial charge in [0.15, 0.2) is 0 Å². The quantitative estimate of drug-likeness (QED) is 0.838. The monoisotopic (exact) mass is 303 g/mol. The molecule has 4 heteroatoms. The van der Waals surface area contributed by atoms with E-state index in [4.69, 9.17) is 9.47 Å². The van der Waals surface area contributed by atoms with Gasteiger partial charge in [0.1, 0.15) is 5.75 Å². The molecule has 22 heavy (non-hydrogen) atoms. The number of ether oxygens (including phenoxy) is 2. The molecule has 1 heterocycles. The fourth-order valence-corrected chi connectivity index (χ4v) is 3.27. The third kappa shape index (κ3) is 3.80. The lowest BCUT2D eigenvalue weighted by Gasteiger charge is -2.21. The summed E-state index contributed by atoms with van der Waals surface area (Å²) in [6.07, 6.45) is 7.49. The van der Waals surface area contributed by atoms with E-state index in [-0.39, 0.29) is 12.0 Å². The molecule has 2 aliphatic rings. The number of hydrogen-bond acceptors (Lipinski definition) is 3. The van der Waals surface area contributed by atoms with Crippen molar-refractivity contribution in [2.24, 2.45) is 0 Å². The molecule has 0 bridgehead atoms. The smallest absolute Gasteiger partial charge is 0.253 e. The SMILES string of the molecule is CN(CC1CCCO1)C(=O)c1ccc(OC2CCCC2)cc1. The van der Waals surface area contributed by atoms with Crippen LogP contribution in [0.3, 0.4) is 0 Å². The zero-order chi connectivity index (χ0) is 15.4. The number of hydrogen-bond donors (Lipinski definition) is 0. The van der Waals surface area contributed by atoms with Crippen LogP contribution in [-0.2, 0) is 4.74 Å². The van der Waals surface area contributed by atoms with Gasteiger partial charge in [-0.05, 0) is 62.8 Å². The first kappa shape index (κ1) is 15.3. The van der Waals surface area contributed by atoms with Crippen LogP contribution in [-0.4, -0.2) is 43.2 Å². The lowest BCUT2D eigenvalue weighted by Crippen LogP contribution is -2.34. The topological polar surface area (TPSA) is 38.8 Å². The van der Waals surface area contributed by atoms with Crippen LogP contribution in [0.2, 0.25) is 0 Å². The number of amides is 1. The molecule has 0 spiro atoms. The normalized spacial score (nSPS) is 22.0. The van der Waals surface area contributed by atoms with Gasteiger partial charge in [-0.3, -0.25) is 4.79 Å². The van der Waals surface area contributed by atoms with Gasteiger partial charge >= 0.3 is 0 Å². The summed E-state index contributed by atoms with van der Waals surface area (Å²) in [6, 6.07) is 7.54. The molecule has 1 unspecified atom stereocenters. The number of carbonyl (C=O) groups is 1. The molecule has 120 valence electrons. The Bertz CT molecular complexity index is 488. The molecule has 1 aliphatic heterocycles. The van der Waals surface area contributed by atoms with Gasteiger partial charge in [0.25, 0.3) is 5.91 Å². The van der Waals surface area contributed by atoms with Gasteiger partial charge in [-0.15, -0.1) is 0 Å². The number of likely N-dealkylation sites (N-methyl/N-ethyl adjacent to an activating group) is 1. The Morgan fingerprint density at radius 2 is 1.91 bits per heavy atom. The summed E-state index contributed by atoms with van der Waals surface area (Å²) >= 11 is 0. The molecule has 2 fully saturated rings. The first-order chi connectivity index (χ1) is 10.7. The largest absolute Gasteiger partial charge is 0.490 e. The maximum absolute atomic E-state index is 12.4. The van der Waals surface area contributed by atoms with E-state index in [0.717, 1.165) is 38.0 Å². The Hall–Kier alpha value is -1.55. The summed E-state index contributed by atoms with van der Waals surface area (Å²) in [4.78, 5) is 14.2. The van der Waals surface area contributed by atoms with E-state index >= 15 is 0 Å². The maximum atomic E-state index is 12.4. The third-order valence-corrected chi connectivity index (χ3v) is 4.55. The molecule has 3 rings (SSSR count). The summed E-state index contributed by atoms with van der Waals surface area (Å²) in [7, 11) is 1.84. The van der Waals surface area contributed by atoms with Crippen LogP contribution in [0.5, 0.6) is 5.75 Å². The van der Waals surface area contributed by atoms with Crippen LogP contribution < -0.4 is 4.74 Å². The predicted octanol–water partition coefficient (Wildman–Crippen LogP) is 3.26. The number of carbonyl (C=O) groups excluding carboxylic acids is 1. The van der Waals surface area contributed by atoms with E-state index in [1.807, 2.05) is 31.3 Å². The molecule has 4 nitrogen and oxygen atoms in total. The molecule has 0 radical (unpaired) electrons. The van der Waals surface area contributed by atoms with Gasteiger partial charge in [-0.2, -0.15) is 0 Å². The van der Waals surface area contributed by atoms with E-state index < -0.39 is 0 Å². The Balaban J connectivity index is 1.55. The summed E-state index contributed by atoms with van der Waals surface area (Å²) in [5, 5.41) is 0. The number of nitrogens with zero attached hydrogens (tertiary/aromatic N) is 1. The molecule has 1 saturated carbocycles. The highest BCUT2D eigenvalue weighted by Crippen LogP contribution is 2.24. The Labute approximate surface area is 132 Å². The second kappa shape index (κ2) is 7.14. The zero-order valence-corrected chi connectivity index (χ0v) is 13.3. The van der Waals surface area contributed by atoms with Crippen LogP contribution in [0, 0.1) is 0 Å². The minimum atomic E-state index is 0.0444. The van der Waals surface area contributed by atoms with Crippen molar-refractivity contribution in [2.75, 3.05) is 20.2 Å². The third-order valence-electron chi connectivity index (χ3n) is 4.55. The molecule has 1 aromatic rings. The van der Waals surface area contributed by atoms with Crippen molar-refractivity contribution in [1.29, 1.82) is 0 Å². The van der Waals surface area contributed by atoms with Crippen molar-refractivity contribution >= 4 is 5.91 Å². The van der Waals surface area contributed by atoms with Crippen molar-refractivity contribution in [3.05, 3.63) is 29.8 Å². The van der Waals surface area contributed by atoms with E-state index in [1.165, 1.54) is 12.8 Å². The van der Waals surface area contributed by atoms with Crippen molar-refractivity contribution in [2.45, 2.75) is 50.7 Å². The molecule has 0 N–H and O–H groups in total. The number of benzene rings is 1. The maximum Gasteiger partial charge on any atom is 0.253 e. The zero-order valence-electron chi connectivity index (χ0n) is 13.3. The van der Waals surface area contributed by atoms with Crippen LogP contribution in [0.1, 0.15) is 48.9 Å². The van der Waals surface area contributed by atoms with E-state index in [1.54, 1.807) is 4.90 Å². The summed E-state index contributed by atoms with van der Waals surface area (Å²) < 4.78 is 11.5. The lowest BCUT2D eigenvalue weighted by molar-refractivity contribution is 0.0587. The molecule has 0 aromatic heterocycles. The Morgan fingerprint density at radius 3 is 2.55 bits per heavy atom. The first-order valence-corrected chi connectivity index (χ1v) is 8.36. The fraction of sp³-hybridized carbons (Fsp3) is 0.611. The minimum absolute atomic E-state index is 0.0444. The second-order valence-corrected chi connectivity index (χ2v) is 6.37. The van der Waals surface area contributed by atoms with Crippen LogP contribution in [0.25, 0.3) is 0 Å². The number of rotatable bonds is 5. The highest BCUT2D eigenvalue weighted by Gasteiger charge is 2.21. The molecular weight excluding hydrogens is 278 g/mol. The standard InChI is InChI=1S/C18H25NO3/c1-19(13-17-7-4-12-21-17)18(20)14-8-10-16(11-9-14)22-15-5-2-3-6-15/h8-11,15,17H,2-7,12-13H2,1H3. The van der Waals surface area contributed by atoms with E-state index in [9.17, 15) is 4.79 Å². The molecule has 1 saturated heterocycles. The van der Waals surface area contributed by atoms with E-state index in [0.29, 0.717) is 18.2 Å². The average Bonchev–Trinajstić information content (AvgIpc) is 3.21. The minimum Gasteiger partial charge on any atom is -0.490 e. The first-order valence-electron chi connectivity index (χ1n) is 8.36. The van der Waals surface area contributed by atoms with Crippen molar-refractivity contribution in [3.8, 4) is 5.75 Å². The van der Waals surface area contributed by atoms with Crippen LogP contribution >= 0.6 is 0 Å². The molecule has 1 amide bonds. The van der Waals surface area contributed by atoms with Crippen molar-refractivity contribution in [1.82, 2.24) is 4.90 Å². The van der Waals surface area contributed by atoms with Crippen LogP contribution in [0.15, 0.2) is 24.3 Å². The average molecular weight is 303 g/mol. The highest BCUT2D eigenvalue weighted by atomic mass is 16.5. The molecule has 1 aromatic carbocycles. The molecular formula is C18H25NO3. The van der Waals surface area contributed by atoms with Crippen molar-refractivity contribution < 1.29 is 14.3 Å². The molecule has 1 aliphatic carbocycles. The molecule has 1 atom stereocenters. The summed E-state index contributed by atoms with van der Waals surface area (Å²) in [5.74, 6) is 0.910. The van der Waals surface area contributed by atoms with Crippen LogP contribution in [0.4, 0.5) is 0 Å². The summed E-state index contributed by atoms with van der Waals surface area (Å²) in [5.41, 5.74) is 0.708. The van der Waals surface area contributed by atoms with Gasteiger partial charge in [0.2, 0.25) is 0 Å². The fourth-order valence-electron chi connectivity index (χ4n) is 3.27. The van der Waals surface area contributed by atoms with E-state index in [2.05, 4.69) is 0 Å². The predicted molar refractivity (Wildman–Crippen MR) is 85.3 cm³/mol. The lowest BCUT2D eigenvalue weighted by atomic mass is 10.1. The highest BCUT2D eigenvalue weighted by molar-refractivity contribution is 5.94. The Morgan fingerprint density at radius 1 is 1.18 bits per heavy atom. The Kier molecular flexibility index (Phi) is 4.98. The van der Waals surface area contributed by atoms with Gasteiger partial charge in [0, 0.05) is 25.8 Å². The van der Waals surface area contributed by atoms with Gasteiger partial charge in [0.05, 0.1) is 12.2 Å². The van der Waals surface area contributed by atoms with Gasteiger partial charge in [-0.1, -0.05) is 0 Å². The van der Waals surface area contributed by atoms with Crippen molar-refractivity contribution in [3.63, 3.8) is 0 Å². The summed E-state index contributed by atoms with van der Waals surface area (Å²) in [6.45, 7) is 1.49. The van der Waals surface area contributed by atoms with Gasteiger partial charge < -0.3 is 14.4 Å².